The summed E-state index contributed by atoms with van der Waals surface area (Å²) in [6.07, 6.45) is 2.79. The smallest absolute Gasteiger partial charge is 0.348 e. The van der Waals surface area contributed by atoms with Crippen LogP contribution < -0.4 is 5.32 Å². The Hall–Kier alpha value is -1.99. The number of esters is 1. The molecule has 2 amide bonds. The third kappa shape index (κ3) is 4.75. The first-order chi connectivity index (χ1) is 11.5. The fourth-order valence-electron chi connectivity index (χ4n) is 2.14. The van der Waals surface area contributed by atoms with E-state index in [2.05, 4.69) is 12.2 Å². The van der Waals surface area contributed by atoms with E-state index >= 15 is 0 Å². The Labute approximate surface area is 148 Å². The van der Waals surface area contributed by atoms with Crippen LogP contribution in [0.15, 0.2) is 23.6 Å². The van der Waals surface area contributed by atoms with Gasteiger partial charge in [0, 0.05) is 4.88 Å². The number of hydrogen-bond acceptors (Lipinski definition) is 6. The van der Waals surface area contributed by atoms with E-state index < -0.39 is 24.4 Å². The van der Waals surface area contributed by atoms with Crippen LogP contribution in [0.25, 0.3) is 0 Å². The minimum atomic E-state index is -0.636. The van der Waals surface area contributed by atoms with E-state index in [0.717, 1.165) is 24.8 Å². The number of ether oxygens (including phenoxy) is 1. The topological polar surface area (TPSA) is 72.5 Å². The molecule has 5 nitrogen and oxygen atoms in total. The molecule has 24 heavy (non-hydrogen) atoms. The molecule has 0 saturated heterocycles. The fraction of sp³-hybridized carbons (Fsp3) is 0.353. The monoisotopic (exact) mass is 365 g/mol. The molecule has 1 N–H and O–H groups in total. The molecule has 7 heteroatoms. The van der Waals surface area contributed by atoms with E-state index in [0.29, 0.717) is 9.75 Å². The standard InChI is InChI=1S/C17H19NO4S2/c1-3-6-12-11(4-2)9-14(24-12)17(21)22-10-15(19)18-16(20)13-7-5-8-23-13/h5,7-9H,3-4,6,10H2,1-2H3,(H,18,19,20). The van der Waals surface area contributed by atoms with Gasteiger partial charge in [-0.1, -0.05) is 26.3 Å². The molecule has 0 aliphatic rings. The van der Waals surface area contributed by atoms with Crippen molar-refractivity contribution in [3.8, 4) is 0 Å². The van der Waals surface area contributed by atoms with Crippen molar-refractivity contribution >= 4 is 40.5 Å². The summed E-state index contributed by atoms with van der Waals surface area (Å²) < 4.78 is 5.01. The van der Waals surface area contributed by atoms with Gasteiger partial charge >= 0.3 is 5.97 Å². The molecule has 0 fully saturated rings. The number of amides is 2. The second-order valence-electron chi connectivity index (χ2n) is 5.09. The van der Waals surface area contributed by atoms with Crippen LogP contribution in [-0.2, 0) is 22.4 Å². The number of imide groups is 1. The normalized spacial score (nSPS) is 10.4. The van der Waals surface area contributed by atoms with Crippen LogP contribution in [0, 0.1) is 0 Å². The van der Waals surface area contributed by atoms with Gasteiger partial charge in [0.1, 0.15) is 4.88 Å². The number of rotatable bonds is 7. The molecule has 128 valence electrons. The van der Waals surface area contributed by atoms with Gasteiger partial charge in [-0.05, 0) is 35.9 Å². The fourth-order valence-corrected chi connectivity index (χ4v) is 4.01. The molecule has 0 aromatic carbocycles. The van der Waals surface area contributed by atoms with E-state index in [1.165, 1.54) is 27.6 Å². The number of carbonyl (C=O) groups is 3. The highest BCUT2D eigenvalue weighted by Gasteiger charge is 2.17. The van der Waals surface area contributed by atoms with E-state index in [9.17, 15) is 14.4 Å². The summed E-state index contributed by atoms with van der Waals surface area (Å²) in [6, 6.07) is 5.17. The quantitative estimate of drug-likeness (QED) is 0.763. The number of nitrogens with one attached hydrogen (secondary N) is 1. The second-order valence-corrected chi connectivity index (χ2v) is 7.18. The molecular weight excluding hydrogens is 346 g/mol. The predicted octanol–water partition coefficient (Wildman–Crippen LogP) is 3.44. The SMILES string of the molecule is CCCc1sc(C(=O)OCC(=O)NC(=O)c2cccs2)cc1CC. The van der Waals surface area contributed by atoms with Crippen LogP contribution in [0.2, 0.25) is 0 Å². The maximum Gasteiger partial charge on any atom is 0.348 e. The summed E-state index contributed by atoms with van der Waals surface area (Å²) in [6.45, 7) is 3.66. The van der Waals surface area contributed by atoms with Gasteiger partial charge in [0.05, 0.1) is 4.88 Å². The van der Waals surface area contributed by atoms with E-state index in [1.807, 2.05) is 13.0 Å². The molecule has 2 rings (SSSR count). The molecule has 0 bridgehead atoms. The largest absolute Gasteiger partial charge is 0.451 e. The number of hydrogen-bond donors (Lipinski definition) is 1. The predicted molar refractivity (Wildman–Crippen MR) is 94.8 cm³/mol. The summed E-state index contributed by atoms with van der Waals surface area (Å²) in [7, 11) is 0. The highest BCUT2D eigenvalue weighted by Crippen LogP contribution is 2.25. The molecule has 0 atom stereocenters. The lowest BCUT2D eigenvalue weighted by molar-refractivity contribution is -0.123. The number of carbonyl (C=O) groups excluding carboxylic acids is 3. The maximum absolute atomic E-state index is 12.1. The van der Waals surface area contributed by atoms with Gasteiger partial charge in [-0.3, -0.25) is 14.9 Å². The van der Waals surface area contributed by atoms with Gasteiger partial charge < -0.3 is 4.74 Å². The van der Waals surface area contributed by atoms with Crippen LogP contribution in [0.3, 0.4) is 0 Å². The average Bonchev–Trinajstić information content (AvgIpc) is 3.22. The molecule has 0 aliphatic carbocycles. The van der Waals surface area contributed by atoms with E-state index in [4.69, 9.17) is 4.74 Å². The summed E-state index contributed by atoms with van der Waals surface area (Å²) in [5.41, 5.74) is 1.14. The second kappa shape index (κ2) is 8.75. The van der Waals surface area contributed by atoms with Gasteiger partial charge in [0.2, 0.25) is 0 Å². The Bertz CT molecular complexity index is 719. The summed E-state index contributed by atoms with van der Waals surface area (Å²) in [4.78, 5) is 37.6. The molecule has 0 saturated carbocycles. The first kappa shape index (κ1) is 18.4. The maximum atomic E-state index is 12.1. The van der Waals surface area contributed by atoms with Crippen LogP contribution in [0.1, 0.15) is 50.1 Å². The highest BCUT2D eigenvalue weighted by atomic mass is 32.1. The van der Waals surface area contributed by atoms with Crippen LogP contribution >= 0.6 is 22.7 Å². The van der Waals surface area contributed by atoms with Gasteiger partial charge in [0.15, 0.2) is 6.61 Å². The number of thiophene rings is 2. The zero-order chi connectivity index (χ0) is 17.5. The Morgan fingerprint density at radius 1 is 1.21 bits per heavy atom. The summed E-state index contributed by atoms with van der Waals surface area (Å²) in [5.74, 6) is -1.65. The van der Waals surface area contributed by atoms with Gasteiger partial charge in [-0.25, -0.2) is 4.79 Å². The van der Waals surface area contributed by atoms with Crippen molar-refractivity contribution in [3.63, 3.8) is 0 Å². The first-order valence-corrected chi connectivity index (χ1v) is 9.41. The molecule has 2 heterocycles. The molecule has 2 aromatic heterocycles. The zero-order valence-corrected chi connectivity index (χ0v) is 15.2. The van der Waals surface area contributed by atoms with Crippen molar-refractivity contribution < 1.29 is 19.1 Å². The Balaban J connectivity index is 1.88. The third-order valence-electron chi connectivity index (χ3n) is 3.29. The average molecular weight is 365 g/mol. The lowest BCUT2D eigenvalue weighted by Crippen LogP contribution is -2.33. The molecule has 0 unspecified atom stereocenters. The Morgan fingerprint density at radius 3 is 2.62 bits per heavy atom. The van der Waals surface area contributed by atoms with Crippen molar-refractivity contribution in [2.45, 2.75) is 33.1 Å². The van der Waals surface area contributed by atoms with Gasteiger partial charge in [0.25, 0.3) is 11.8 Å². The highest BCUT2D eigenvalue weighted by molar-refractivity contribution is 7.14. The van der Waals surface area contributed by atoms with Crippen molar-refractivity contribution in [2.24, 2.45) is 0 Å². The van der Waals surface area contributed by atoms with Crippen LogP contribution in [0.5, 0.6) is 0 Å². The molecular formula is C17H19NO4S2. The van der Waals surface area contributed by atoms with Crippen LogP contribution in [0.4, 0.5) is 0 Å². The summed E-state index contributed by atoms with van der Waals surface area (Å²) in [5, 5.41) is 3.94. The van der Waals surface area contributed by atoms with Crippen molar-refractivity contribution in [1.82, 2.24) is 5.32 Å². The Morgan fingerprint density at radius 2 is 2.00 bits per heavy atom. The van der Waals surface area contributed by atoms with Crippen molar-refractivity contribution in [1.29, 1.82) is 0 Å². The van der Waals surface area contributed by atoms with Crippen molar-refractivity contribution in [2.75, 3.05) is 6.61 Å². The van der Waals surface area contributed by atoms with Crippen LogP contribution in [-0.4, -0.2) is 24.4 Å². The lowest BCUT2D eigenvalue weighted by atomic mass is 10.1. The summed E-state index contributed by atoms with van der Waals surface area (Å²) >= 11 is 2.64. The lowest BCUT2D eigenvalue weighted by Gasteiger charge is -2.03. The minimum absolute atomic E-state index is 0.435. The molecule has 2 aromatic rings. The molecule has 0 radical (unpaired) electrons. The Kier molecular flexibility index (Phi) is 6.69. The third-order valence-corrected chi connectivity index (χ3v) is 5.37. The van der Waals surface area contributed by atoms with Gasteiger partial charge in [-0.15, -0.1) is 22.7 Å². The van der Waals surface area contributed by atoms with E-state index in [1.54, 1.807) is 17.5 Å². The minimum Gasteiger partial charge on any atom is -0.451 e. The number of aryl methyl sites for hydroxylation is 2. The van der Waals surface area contributed by atoms with E-state index in [-0.39, 0.29) is 0 Å². The van der Waals surface area contributed by atoms with Crippen molar-refractivity contribution in [3.05, 3.63) is 43.8 Å². The molecule has 0 aliphatic heterocycles. The zero-order valence-electron chi connectivity index (χ0n) is 13.6. The first-order valence-electron chi connectivity index (χ1n) is 7.71. The van der Waals surface area contributed by atoms with Gasteiger partial charge in [-0.2, -0.15) is 0 Å². The molecule has 0 spiro atoms.